The fourth-order valence-electron chi connectivity index (χ4n) is 3.84. The fraction of sp³-hybridized carbons (Fsp3) is 0.364. The first kappa shape index (κ1) is 18.5. The molecule has 0 bridgehead atoms. The highest BCUT2D eigenvalue weighted by molar-refractivity contribution is 7.12. The number of amides is 1. The molecule has 1 saturated heterocycles. The van der Waals surface area contributed by atoms with Crippen LogP contribution in [0.15, 0.2) is 30.3 Å². The Bertz CT molecular complexity index is 1000. The van der Waals surface area contributed by atoms with Crippen molar-refractivity contribution in [3.8, 4) is 11.3 Å². The average Bonchev–Trinajstić information content (AvgIpc) is 2.85. The highest BCUT2D eigenvalue weighted by Gasteiger charge is 2.22. The molecule has 3 heterocycles. The van der Waals surface area contributed by atoms with Crippen molar-refractivity contribution in [3.05, 3.63) is 50.7 Å². The van der Waals surface area contributed by atoms with Gasteiger partial charge in [-0.15, -0.1) is 11.3 Å². The van der Waals surface area contributed by atoms with Gasteiger partial charge in [-0.05, 0) is 57.0 Å². The first-order valence-electron chi connectivity index (χ1n) is 9.50. The van der Waals surface area contributed by atoms with E-state index in [0.29, 0.717) is 10.6 Å². The van der Waals surface area contributed by atoms with Crippen LogP contribution in [0.2, 0.25) is 5.02 Å². The maximum absolute atomic E-state index is 13.4. The average molecular weight is 399 g/mol. The summed E-state index contributed by atoms with van der Waals surface area (Å²) in [5, 5.41) is 1.47. The SMILES string of the molecule is Cc1cc(-c2cc(C(=O)N3CCCCCC3)c3cc(Cl)ccc3n2)c(C)s1. The van der Waals surface area contributed by atoms with Gasteiger partial charge in [0, 0.05) is 38.8 Å². The molecule has 1 amide bonds. The first-order valence-corrected chi connectivity index (χ1v) is 10.7. The number of halogens is 1. The van der Waals surface area contributed by atoms with E-state index in [1.807, 2.05) is 29.2 Å². The van der Waals surface area contributed by atoms with E-state index >= 15 is 0 Å². The molecule has 1 fully saturated rings. The minimum Gasteiger partial charge on any atom is -0.339 e. The molecule has 0 N–H and O–H groups in total. The summed E-state index contributed by atoms with van der Waals surface area (Å²) in [6, 6.07) is 9.73. The second-order valence-electron chi connectivity index (χ2n) is 7.25. The summed E-state index contributed by atoms with van der Waals surface area (Å²) in [5.74, 6) is 0.0948. The Morgan fingerprint density at radius 2 is 1.81 bits per heavy atom. The standard InChI is InChI=1S/C22H23ClN2OS/c1-14-11-17(15(2)27-14)21-13-19(18-12-16(23)7-8-20(18)24-21)22(26)25-9-5-3-4-6-10-25/h7-8,11-13H,3-6,9-10H2,1-2H3. The van der Waals surface area contributed by atoms with Crippen molar-refractivity contribution in [2.24, 2.45) is 0 Å². The predicted molar refractivity (Wildman–Crippen MR) is 114 cm³/mol. The third kappa shape index (κ3) is 3.74. The van der Waals surface area contributed by atoms with Crippen molar-refractivity contribution in [1.82, 2.24) is 9.88 Å². The number of likely N-dealkylation sites (tertiary alicyclic amines) is 1. The molecule has 0 saturated carbocycles. The van der Waals surface area contributed by atoms with Gasteiger partial charge < -0.3 is 4.90 Å². The van der Waals surface area contributed by atoms with Crippen LogP contribution >= 0.6 is 22.9 Å². The second-order valence-corrected chi connectivity index (χ2v) is 9.15. The van der Waals surface area contributed by atoms with Crippen molar-refractivity contribution in [1.29, 1.82) is 0 Å². The molecule has 0 aliphatic carbocycles. The summed E-state index contributed by atoms with van der Waals surface area (Å²) in [6.07, 6.45) is 4.55. The quantitative estimate of drug-likeness (QED) is 0.511. The summed E-state index contributed by atoms with van der Waals surface area (Å²) in [7, 11) is 0. The molecule has 0 radical (unpaired) electrons. The highest BCUT2D eigenvalue weighted by Crippen LogP contribution is 2.33. The van der Waals surface area contributed by atoms with Gasteiger partial charge >= 0.3 is 0 Å². The van der Waals surface area contributed by atoms with Gasteiger partial charge in [0.1, 0.15) is 0 Å². The molecule has 2 aromatic heterocycles. The Morgan fingerprint density at radius 1 is 1.07 bits per heavy atom. The number of aryl methyl sites for hydroxylation is 2. The van der Waals surface area contributed by atoms with Crippen LogP contribution in [0, 0.1) is 13.8 Å². The van der Waals surface area contributed by atoms with Gasteiger partial charge in [0.05, 0.1) is 16.8 Å². The van der Waals surface area contributed by atoms with Gasteiger partial charge in [-0.3, -0.25) is 4.79 Å². The third-order valence-corrected chi connectivity index (χ3v) is 6.41. The van der Waals surface area contributed by atoms with E-state index in [9.17, 15) is 4.79 Å². The van der Waals surface area contributed by atoms with Gasteiger partial charge in [0.25, 0.3) is 5.91 Å². The lowest BCUT2D eigenvalue weighted by atomic mass is 10.0. The molecule has 5 heteroatoms. The number of fused-ring (bicyclic) bond motifs is 1. The zero-order valence-corrected chi connectivity index (χ0v) is 17.3. The van der Waals surface area contributed by atoms with E-state index in [2.05, 4.69) is 19.9 Å². The zero-order chi connectivity index (χ0) is 19.0. The van der Waals surface area contributed by atoms with Gasteiger partial charge in [-0.1, -0.05) is 24.4 Å². The van der Waals surface area contributed by atoms with Crippen LogP contribution in [0.4, 0.5) is 0 Å². The molecule has 0 atom stereocenters. The number of hydrogen-bond acceptors (Lipinski definition) is 3. The number of benzene rings is 1. The molecule has 1 aromatic carbocycles. The molecule has 0 spiro atoms. The summed E-state index contributed by atoms with van der Waals surface area (Å²) in [4.78, 5) is 22.7. The molecule has 3 nitrogen and oxygen atoms in total. The van der Waals surface area contributed by atoms with Crippen molar-refractivity contribution in [3.63, 3.8) is 0 Å². The lowest BCUT2D eigenvalue weighted by Crippen LogP contribution is -2.32. The summed E-state index contributed by atoms with van der Waals surface area (Å²) < 4.78 is 0. The van der Waals surface area contributed by atoms with Crippen molar-refractivity contribution < 1.29 is 4.79 Å². The number of rotatable bonds is 2. The van der Waals surface area contributed by atoms with Crippen LogP contribution < -0.4 is 0 Å². The lowest BCUT2D eigenvalue weighted by molar-refractivity contribution is 0.0763. The number of nitrogens with zero attached hydrogens (tertiary/aromatic N) is 2. The highest BCUT2D eigenvalue weighted by atomic mass is 35.5. The minimum absolute atomic E-state index is 0.0948. The Hall–Kier alpha value is -1.91. The normalized spacial score (nSPS) is 15.1. The fourth-order valence-corrected chi connectivity index (χ4v) is 4.95. The van der Waals surface area contributed by atoms with E-state index in [4.69, 9.17) is 16.6 Å². The Kier molecular flexibility index (Phi) is 5.20. The molecule has 3 aromatic rings. The summed E-state index contributed by atoms with van der Waals surface area (Å²) in [6.45, 7) is 5.87. The van der Waals surface area contributed by atoms with Gasteiger partial charge in [0.15, 0.2) is 0 Å². The monoisotopic (exact) mass is 398 g/mol. The number of pyridine rings is 1. The summed E-state index contributed by atoms with van der Waals surface area (Å²) >= 11 is 8.00. The largest absolute Gasteiger partial charge is 0.339 e. The van der Waals surface area contributed by atoms with Gasteiger partial charge in [-0.25, -0.2) is 4.98 Å². The molecular formula is C22H23ClN2OS. The molecular weight excluding hydrogens is 376 g/mol. The maximum Gasteiger partial charge on any atom is 0.254 e. The van der Waals surface area contributed by atoms with Gasteiger partial charge in [-0.2, -0.15) is 0 Å². The van der Waals surface area contributed by atoms with Crippen LogP contribution in [0.3, 0.4) is 0 Å². The zero-order valence-electron chi connectivity index (χ0n) is 15.7. The topological polar surface area (TPSA) is 33.2 Å². The minimum atomic E-state index is 0.0948. The van der Waals surface area contributed by atoms with Crippen LogP contribution in [0.5, 0.6) is 0 Å². The number of aromatic nitrogens is 1. The van der Waals surface area contributed by atoms with Crippen molar-refractivity contribution >= 4 is 39.7 Å². The van der Waals surface area contributed by atoms with E-state index in [1.165, 1.54) is 22.6 Å². The Balaban J connectivity index is 1.87. The second kappa shape index (κ2) is 7.61. The first-order chi connectivity index (χ1) is 13.0. The summed E-state index contributed by atoms with van der Waals surface area (Å²) in [5.41, 5.74) is 3.50. The van der Waals surface area contributed by atoms with Crippen LogP contribution in [0.1, 0.15) is 45.8 Å². The van der Waals surface area contributed by atoms with E-state index in [-0.39, 0.29) is 5.91 Å². The molecule has 0 unspecified atom stereocenters. The third-order valence-electron chi connectivity index (χ3n) is 5.21. The number of hydrogen-bond donors (Lipinski definition) is 0. The van der Waals surface area contributed by atoms with Crippen LogP contribution in [-0.4, -0.2) is 28.9 Å². The van der Waals surface area contributed by atoms with Crippen molar-refractivity contribution in [2.45, 2.75) is 39.5 Å². The van der Waals surface area contributed by atoms with E-state index < -0.39 is 0 Å². The molecule has 1 aliphatic heterocycles. The Morgan fingerprint density at radius 3 is 2.48 bits per heavy atom. The van der Waals surface area contributed by atoms with Gasteiger partial charge in [0.2, 0.25) is 0 Å². The molecule has 4 rings (SSSR count). The molecule has 140 valence electrons. The van der Waals surface area contributed by atoms with Crippen LogP contribution in [0.25, 0.3) is 22.2 Å². The van der Waals surface area contributed by atoms with E-state index in [1.54, 1.807) is 11.3 Å². The number of thiophene rings is 1. The lowest BCUT2D eigenvalue weighted by Gasteiger charge is -2.21. The van der Waals surface area contributed by atoms with E-state index in [0.717, 1.165) is 48.1 Å². The number of carbonyl (C=O) groups excluding carboxylic acids is 1. The Labute approximate surface area is 169 Å². The smallest absolute Gasteiger partial charge is 0.254 e. The maximum atomic E-state index is 13.4. The predicted octanol–water partition coefficient (Wildman–Crippen LogP) is 6.25. The van der Waals surface area contributed by atoms with Crippen molar-refractivity contribution in [2.75, 3.05) is 13.1 Å². The number of carbonyl (C=O) groups is 1. The molecule has 1 aliphatic rings. The van der Waals surface area contributed by atoms with Crippen LogP contribution in [-0.2, 0) is 0 Å². The molecule has 27 heavy (non-hydrogen) atoms.